The highest BCUT2D eigenvalue weighted by Crippen LogP contribution is 2.28. The zero-order valence-electron chi connectivity index (χ0n) is 11.8. The van der Waals surface area contributed by atoms with Gasteiger partial charge in [0.05, 0.1) is 13.2 Å². The number of rotatable bonds is 7. The molecular weight excluding hydrogens is 270 g/mol. The molecule has 0 amide bonds. The zero-order valence-corrected chi connectivity index (χ0v) is 12.6. The van der Waals surface area contributed by atoms with Crippen molar-refractivity contribution in [1.82, 2.24) is 4.31 Å². The fourth-order valence-electron chi connectivity index (χ4n) is 1.84. The first-order valence-electron chi connectivity index (χ1n) is 6.10. The van der Waals surface area contributed by atoms with Crippen LogP contribution in [0.15, 0.2) is 9.31 Å². The standard InChI is InChI=1S/C12H21NO5S/c1-5-17-7-6-13(4)19(15,16)12-10(3)18-9(2)11(12)8-14/h14H,5-8H2,1-4H3. The lowest BCUT2D eigenvalue weighted by atomic mass is 10.2. The van der Waals surface area contributed by atoms with Crippen LogP contribution in [0.1, 0.15) is 24.0 Å². The number of aliphatic hydroxyl groups is 1. The highest BCUT2D eigenvalue weighted by atomic mass is 32.2. The number of hydrogen-bond donors (Lipinski definition) is 1. The van der Waals surface area contributed by atoms with Crippen molar-refractivity contribution in [2.24, 2.45) is 0 Å². The van der Waals surface area contributed by atoms with Gasteiger partial charge in [-0.25, -0.2) is 8.42 Å². The van der Waals surface area contributed by atoms with Crippen molar-refractivity contribution in [3.8, 4) is 0 Å². The summed E-state index contributed by atoms with van der Waals surface area (Å²) in [4.78, 5) is 0.0616. The Kier molecular flexibility index (Phi) is 5.54. The van der Waals surface area contributed by atoms with Crippen LogP contribution in [0.4, 0.5) is 0 Å². The van der Waals surface area contributed by atoms with E-state index in [1.165, 1.54) is 11.4 Å². The van der Waals surface area contributed by atoms with E-state index in [9.17, 15) is 13.5 Å². The van der Waals surface area contributed by atoms with E-state index in [1.807, 2.05) is 6.92 Å². The second-order valence-electron chi connectivity index (χ2n) is 4.20. The number of hydrogen-bond acceptors (Lipinski definition) is 5. The minimum atomic E-state index is -3.67. The summed E-state index contributed by atoms with van der Waals surface area (Å²) in [5.74, 6) is 0.724. The van der Waals surface area contributed by atoms with Crippen LogP contribution in [-0.2, 0) is 21.4 Å². The molecule has 1 aromatic heterocycles. The van der Waals surface area contributed by atoms with Crippen LogP contribution in [0.2, 0.25) is 0 Å². The van der Waals surface area contributed by atoms with Gasteiger partial charge in [-0.15, -0.1) is 0 Å². The first-order chi connectivity index (χ1) is 8.86. The van der Waals surface area contributed by atoms with Gasteiger partial charge in [0.2, 0.25) is 10.0 Å². The summed E-state index contributed by atoms with van der Waals surface area (Å²) in [5.41, 5.74) is 0.320. The van der Waals surface area contributed by atoms with E-state index >= 15 is 0 Å². The quantitative estimate of drug-likeness (QED) is 0.759. The molecule has 19 heavy (non-hydrogen) atoms. The number of furan rings is 1. The number of ether oxygens (including phenoxy) is 1. The average Bonchev–Trinajstić information content (AvgIpc) is 2.64. The molecular formula is C12H21NO5S. The SMILES string of the molecule is CCOCCN(C)S(=O)(=O)c1c(C)oc(C)c1CO. The molecule has 1 N–H and O–H groups in total. The topological polar surface area (TPSA) is 80.0 Å². The van der Waals surface area contributed by atoms with Crippen molar-refractivity contribution in [2.45, 2.75) is 32.3 Å². The predicted molar refractivity (Wildman–Crippen MR) is 70.4 cm³/mol. The van der Waals surface area contributed by atoms with Crippen molar-refractivity contribution >= 4 is 10.0 Å². The fourth-order valence-corrected chi connectivity index (χ4v) is 3.40. The van der Waals surface area contributed by atoms with Gasteiger partial charge in [0.15, 0.2) is 0 Å². The van der Waals surface area contributed by atoms with E-state index in [0.717, 1.165) is 0 Å². The monoisotopic (exact) mass is 291 g/mol. The van der Waals surface area contributed by atoms with Gasteiger partial charge in [-0.3, -0.25) is 0 Å². The molecule has 0 aliphatic heterocycles. The van der Waals surface area contributed by atoms with E-state index in [4.69, 9.17) is 9.15 Å². The number of aryl methyl sites for hydroxylation is 2. The molecule has 0 aliphatic rings. The molecule has 1 rings (SSSR count). The Morgan fingerprint density at radius 3 is 2.47 bits per heavy atom. The van der Waals surface area contributed by atoms with E-state index in [-0.39, 0.29) is 18.0 Å². The predicted octanol–water partition coefficient (Wildman–Crippen LogP) is 1.05. The Balaban J connectivity index is 3.06. The number of sulfonamides is 1. The molecule has 0 spiro atoms. The molecule has 0 aromatic carbocycles. The Hall–Kier alpha value is -0.890. The molecule has 0 saturated carbocycles. The summed E-state index contributed by atoms with van der Waals surface area (Å²) >= 11 is 0. The Morgan fingerprint density at radius 2 is 1.95 bits per heavy atom. The molecule has 0 fully saturated rings. The lowest BCUT2D eigenvalue weighted by molar-refractivity contribution is 0.138. The second kappa shape index (κ2) is 6.51. The van der Waals surface area contributed by atoms with Gasteiger partial charge in [-0.2, -0.15) is 4.31 Å². The first-order valence-corrected chi connectivity index (χ1v) is 7.54. The smallest absolute Gasteiger partial charge is 0.246 e. The molecule has 1 heterocycles. The summed E-state index contributed by atoms with van der Waals surface area (Å²) in [5, 5.41) is 9.30. The lowest BCUT2D eigenvalue weighted by Gasteiger charge is -2.17. The molecule has 0 saturated heterocycles. The molecule has 0 unspecified atom stereocenters. The number of nitrogens with zero attached hydrogens (tertiary/aromatic N) is 1. The maximum absolute atomic E-state index is 12.4. The average molecular weight is 291 g/mol. The Bertz CT molecular complexity index is 520. The molecule has 6 nitrogen and oxygen atoms in total. The minimum Gasteiger partial charge on any atom is -0.465 e. The van der Waals surface area contributed by atoms with Crippen molar-refractivity contribution in [3.05, 3.63) is 17.1 Å². The van der Waals surface area contributed by atoms with Gasteiger partial charge >= 0.3 is 0 Å². The largest absolute Gasteiger partial charge is 0.465 e. The van der Waals surface area contributed by atoms with Gasteiger partial charge < -0.3 is 14.3 Å². The molecule has 0 aliphatic carbocycles. The first kappa shape index (κ1) is 16.2. The van der Waals surface area contributed by atoms with Crippen LogP contribution >= 0.6 is 0 Å². The van der Waals surface area contributed by atoms with Crippen LogP contribution in [0.5, 0.6) is 0 Å². The van der Waals surface area contributed by atoms with Crippen LogP contribution < -0.4 is 0 Å². The van der Waals surface area contributed by atoms with Gasteiger partial charge in [0.1, 0.15) is 16.4 Å². The summed E-state index contributed by atoms with van der Waals surface area (Å²) in [7, 11) is -2.19. The maximum atomic E-state index is 12.4. The molecule has 110 valence electrons. The maximum Gasteiger partial charge on any atom is 0.246 e. The molecule has 0 atom stereocenters. The van der Waals surface area contributed by atoms with E-state index in [1.54, 1.807) is 13.8 Å². The van der Waals surface area contributed by atoms with Crippen LogP contribution in [-0.4, -0.2) is 44.6 Å². The third-order valence-electron chi connectivity index (χ3n) is 2.91. The third kappa shape index (κ3) is 3.36. The normalized spacial score (nSPS) is 12.3. The van der Waals surface area contributed by atoms with Crippen molar-refractivity contribution in [3.63, 3.8) is 0 Å². The van der Waals surface area contributed by atoms with Crippen molar-refractivity contribution < 1.29 is 22.7 Å². The second-order valence-corrected chi connectivity index (χ2v) is 6.19. The molecule has 1 aromatic rings. The van der Waals surface area contributed by atoms with E-state index in [0.29, 0.717) is 30.3 Å². The van der Waals surface area contributed by atoms with Crippen LogP contribution in [0.25, 0.3) is 0 Å². The van der Waals surface area contributed by atoms with Gasteiger partial charge in [0.25, 0.3) is 0 Å². The van der Waals surface area contributed by atoms with Gasteiger partial charge in [-0.05, 0) is 20.8 Å². The Labute approximate surface area is 114 Å². The van der Waals surface area contributed by atoms with Crippen molar-refractivity contribution in [2.75, 3.05) is 26.8 Å². The summed E-state index contributed by atoms with van der Waals surface area (Å²) in [6.45, 7) is 5.83. The van der Waals surface area contributed by atoms with E-state index < -0.39 is 10.0 Å². The highest BCUT2D eigenvalue weighted by Gasteiger charge is 2.29. The summed E-state index contributed by atoms with van der Waals surface area (Å²) in [6, 6.07) is 0. The van der Waals surface area contributed by atoms with Gasteiger partial charge in [0, 0.05) is 25.8 Å². The molecule has 7 heteroatoms. The molecule has 0 radical (unpaired) electrons. The fraction of sp³-hybridized carbons (Fsp3) is 0.667. The Morgan fingerprint density at radius 1 is 1.32 bits per heavy atom. The highest BCUT2D eigenvalue weighted by molar-refractivity contribution is 7.89. The number of likely N-dealkylation sites (N-methyl/N-ethyl adjacent to an activating group) is 1. The zero-order chi connectivity index (χ0) is 14.6. The summed E-state index contributed by atoms with van der Waals surface area (Å²) < 4.78 is 36.5. The summed E-state index contributed by atoms with van der Waals surface area (Å²) in [6.07, 6.45) is 0. The molecule has 0 bridgehead atoms. The lowest BCUT2D eigenvalue weighted by Crippen LogP contribution is -2.31. The van der Waals surface area contributed by atoms with Gasteiger partial charge in [-0.1, -0.05) is 0 Å². The van der Waals surface area contributed by atoms with Crippen LogP contribution in [0.3, 0.4) is 0 Å². The van der Waals surface area contributed by atoms with Crippen LogP contribution in [0, 0.1) is 13.8 Å². The van der Waals surface area contributed by atoms with Crippen molar-refractivity contribution in [1.29, 1.82) is 0 Å². The van der Waals surface area contributed by atoms with E-state index in [2.05, 4.69) is 0 Å². The minimum absolute atomic E-state index is 0.0616. The third-order valence-corrected chi connectivity index (χ3v) is 4.96. The number of aliphatic hydroxyl groups excluding tert-OH is 1.